The topological polar surface area (TPSA) is 64.1 Å². The molecule has 1 N–H and O–H groups in total. The number of aromatic nitrogens is 2. The smallest absolute Gasteiger partial charge is 0.251 e. The fraction of sp³-hybridized carbons (Fsp3) is 0.227. The largest absolute Gasteiger partial charge is 0.439 e. The third-order valence-corrected chi connectivity index (χ3v) is 4.76. The minimum absolute atomic E-state index is 0.0564. The van der Waals surface area contributed by atoms with Gasteiger partial charge in [-0.3, -0.25) is 4.79 Å². The van der Waals surface area contributed by atoms with Crippen molar-refractivity contribution in [2.45, 2.75) is 31.7 Å². The lowest BCUT2D eigenvalue weighted by Gasteiger charge is -2.12. The van der Waals surface area contributed by atoms with Crippen molar-refractivity contribution in [2.75, 3.05) is 0 Å². The molecule has 6 heteroatoms. The monoisotopic (exact) mass is 377 g/mol. The van der Waals surface area contributed by atoms with Crippen LogP contribution >= 0.6 is 0 Å². The van der Waals surface area contributed by atoms with Gasteiger partial charge in [-0.1, -0.05) is 12.8 Å². The molecule has 0 radical (unpaired) electrons. The van der Waals surface area contributed by atoms with E-state index in [9.17, 15) is 9.18 Å². The van der Waals surface area contributed by atoms with E-state index in [0.717, 1.165) is 12.8 Å². The Morgan fingerprint density at radius 2 is 1.71 bits per heavy atom. The van der Waals surface area contributed by atoms with Gasteiger partial charge in [0.2, 0.25) is 5.88 Å². The second kappa shape index (κ2) is 8.17. The first-order valence-electron chi connectivity index (χ1n) is 9.35. The van der Waals surface area contributed by atoms with Crippen molar-refractivity contribution >= 4 is 5.91 Å². The Kier molecular flexibility index (Phi) is 5.28. The minimum atomic E-state index is -0.312. The molecule has 142 valence electrons. The number of nitrogens with zero attached hydrogens (tertiary/aromatic N) is 2. The van der Waals surface area contributed by atoms with Crippen LogP contribution in [0.4, 0.5) is 4.39 Å². The second-order valence-electron chi connectivity index (χ2n) is 6.81. The van der Waals surface area contributed by atoms with E-state index in [1.165, 1.54) is 25.0 Å². The molecule has 4 rings (SSSR count). The van der Waals surface area contributed by atoms with Gasteiger partial charge in [-0.25, -0.2) is 9.37 Å². The Labute approximate surface area is 162 Å². The molecule has 1 fully saturated rings. The molecule has 1 aromatic heterocycles. The highest BCUT2D eigenvalue weighted by atomic mass is 19.1. The quantitative estimate of drug-likeness (QED) is 0.697. The van der Waals surface area contributed by atoms with Crippen LogP contribution in [0, 0.1) is 5.82 Å². The van der Waals surface area contributed by atoms with Crippen LogP contribution < -0.4 is 10.1 Å². The van der Waals surface area contributed by atoms with Crippen LogP contribution in [-0.2, 0) is 0 Å². The maximum Gasteiger partial charge on any atom is 0.251 e. The third kappa shape index (κ3) is 4.34. The van der Waals surface area contributed by atoms with Crippen LogP contribution in [-0.4, -0.2) is 21.9 Å². The number of carbonyl (C=O) groups is 1. The summed E-state index contributed by atoms with van der Waals surface area (Å²) < 4.78 is 18.9. The van der Waals surface area contributed by atoms with Gasteiger partial charge >= 0.3 is 0 Å². The lowest BCUT2D eigenvalue weighted by Crippen LogP contribution is -2.32. The zero-order valence-electron chi connectivity index (χ0n) is 15.3. The number of amides is 1. The SMILES string of the molecule is O=C(NC1CCCC1)c1ccc(Oc2ccnc(-c3ccc(F)cc3)n2)cc1. The Hall–Kier alpha value is -3.28. The summed E-state index contributed by atoms with van der Waals surface area (Å²) in [6.45, 7) is 0. The molecule has 0 spiro atoms. The van der Waals surface area contributed by atoms with E-state index in [-0.39, 0.29) is 17.8 Å². The summed E-state index contributed by atoms with van der Waals surface area (Å²) in [4.78, 5) is 20.9. The Morgan fingerprint density at radius 3 is 2.43 bits per heavy atom. The predicted molar refractivity (Wildman–Crippen MR) is 104 cm³/mol. The first-order chi connectivity index (χ1) is 13.7. The Balaban J connectivity index is 1.43. The summed E-state index contributed by atoms with van der Waals surface area (Å²) in [7, 11) is 0. The van der Waals surface area contributed by atoms with Gasteiger partial charge < -0.3 is 10.1 Å². The van der Waals surface area contributed by atoms with Gasteiger partial charge in [0, 0.05) is 29.4 Å². The van der Waals surface area contributed by atoms with E-state index in [4.69, 9.17) is 4.74 Å². The highest BCUT2D eigenvalue weighted by Gasteiger charge is 2.17. The van der Waals surface area contributed by atoms with Gasteiger partial charge in [-0.2, -0.15) is 4.98 Å². The van der Waals surface area contributed by atoms with Gasteiger partial charge in [0.05, 0.1) is 0 Å². The van der Waals surface area contributed by atoms with Gasteiger partial charge in [0.1, 0.15) is 11.6 Å². The fourth-order valence-corrected chi connectivity index (χ4v) is 3.27. The van der Waals surface area contributed by atoms with Crippen molar-refractivity contribution in [1.82, 2.24) is 15.3 Å². The molecule has 1 aliphatic carbocycles. The summed E-state index contributed by atoms with van der Waals surface area (Å²) in [6, 6.07) is 14.8. The second-order valence-corrected chi connectivity index (χ2v) is 6.81. The molecule has 1 amide bonds. The van der Waals surface area contributed by atoms with E-state index in [2.05, 4.69) is 15.3 Å². The zero-order chi connectivity index (χ0) is 19.3. The van der Waals surface area contributed by atoms with Crippen molar-refractivity contribution < 1.29 is 13.9 Å². The fourth-order valence-electron chi connectivity index (χ4n) is 3.27. The lowest BCUT2D eigenvalue weighted by atomic mass is 10.1. The summed E-state index contributed by atoms with van der Waals surface area (Å²) in [5, 5.41) is 3.07. The average Bonchev–Trinajstić information content (AvgIpc) is 3.22. The number of ether oxygens (including phenoxy) is 1. The van der Waals surface area contributed by atoms with Crippen molar-refractivity contribution in [1.29, 1.82) is 0 Å². The first-order valence-corrected chi connectivity index (χ1v) is 9.35. The van der Waals surface area contributed by atoms with Gasteiger partial charge in [-0.05, 0) is 61.4 Å². The maximum atomic E-state index is 13.1. The molecule has 2 aromatic carbocycles. The number of hydrogen-bond donors (Lipinski definition) is 1. The predicted octanol–water partition coefficient (Wildman–Crippen LogP) is 4.75. The Bertz CT molecular complexity index is 952. The summed E-state index contributed by atoms with van der Waals surface area (Å²) in [5.41, 5.74) is 1.31. The lowest BCUT2D eigenvalue weighted by molar-refractivity contribution is 0.0938. The van der Waals surface area contributed by atoms with E-state index in [1.54, 1.807) is 48.7 Å². The van der Waals surface area contributed by atoms with E-state index >= 15 is 0 Å². The van der Waals surface area contributed by atoms with Crippen LogP contribution in [0.15, 0.2) is 60.8 Å². The van der Waals surface area contributed by atoms with Gasteiger partial charge in [-0.15, -0.1) is 0 Å². The van der Waals surface area contributed by atoms with Gasteiger partial charge in [0.15, 0.2) is 5.82 Å². The van der Waals surface area contributed by atoms with Crippen LogP contribution in [0.1, 0.15) is 36.0 Å². The summed E-state index contributed by atoms with van der Waals surface area (Å²) in [5.74, 6) is 1.02. The molecule has 5 nitrogen and oxygen atoms in total. The number of halogens is 1. The molecule has 1 heterocycles. The first kappa shape index (κ1) is 18.1. The number of rotatable bonds is 5. The molecule has 1 saturated carbocycles. The van der Waals surface area contributed by atoms with Crippen molar-refractivity contribution in [2.24, 2.45) is 0 Å². The van der Waals surface area contributed by atoms with Gasteiger partial charge in [0.25, 0.3) is 5.91 Å². The molecule has 28 heavy (non-hydrogen) atoms. The maximum absolute atomic E-state index is 13.1. The van der Waals surface area contributed by atoms with Crippen LogP contribution in [0.25, 0.3) is 11.4 Å². The molecule has 1 aliphatic rings. The van der Waals surface area contributed by atoms with Crippen LogP contribution in [0.2, 0.25) is 0 Å². The van der Waals surface area contributed by atoms with Crippen molar-refractivity contribution in [3.63, 3.8) is 0 Å². The normalized spacial score (nSPS) is 14.0. The van der Waals surface area contributed by atoms with E-state index in [0.29, 0.717) is 28.6 Å². The molecule has 0 saturated heterocycles. The minimum Gasteiger partial charge on any atom is -0.439 e. The number of hydrogen-bond acceptors (Lipinski definition) is 4. The van der Waals surface area contributed by atoms with Crippen molar-refractivity contribution in [3.8, 4) is 23.0 Å². The average molecular weight is 377 g/mol. The molecule has 3 aromatic rings. The number of carbonyl (C=O) groups excluding carboxylic acids is 1. The van der Waals surface area contributed by atoms with E-state index < -0.39 is 0 Å². The highest BCUT2D eigenvalue weighted by Crippen LogP contribution is 2.23. The molecule has 0 bridgehead atoms. The number of benzene rings is 2. The molecule has 0 atom stereocenters. The standard InChI is InChI=1S/C22H20FN3O2/c23-17-9-5-15(6-10-17)21-24-14-13-20(26-21)28-19-11-7-16(8-12-19)22(27)25-18-3-1-2-4-18/h5-14,18H,1-4H2,(H,25,27). The molecular formula is C22H20FN3O2. The third-order valence-electron chi connectivity index (χ3n) is 4.76. The summed E-state index contributed by atoms with van der Waals surface area (Å²) in [6.07, 6.45) is 6.05. The van der Waals surface area contributed by atoms with Crippen LogP contribution in [0.3, 0.4) is 0 Å². The van der Waals surface area contributed by atoms with E-state index in [1.807, 2.05) is 0 Å². The molecule has 0 aliphatic heterocycles. The molecule has 0 unspecified atom stereocenters. The molecular weight excluding hydrogens is 357 g/mol. The zero-order valence-corrected chi connectivity index (χ0v) is 15.3. The van der Waals surface area contributed by atoms with Crippen LogP contribution in [0.5, 0.6) is 11.6 Å². The highest BCUT2D eigenvalue weighted by molar-refractivity contribution is 5.94. The summed E-state index contributed by atoms with van der Waals surface area (Å²) >= 11 is 0. The number of nitrogens with one attached hydrogen (secondary N) is 1. The Morgan fingerprint density at radius 1 is 1.00 bits per heavy atom. The van der Waals surface area contributed by atoms with Crippen molar-refractivity contribution in [3.05, 3.63) is 72.2 Å².